The van der Waals surface area contributed by atoms with Gasteiger partial charge in [-0.25, -0.2) is 23.2 Å². The van der Waals surface area contributed by atoms with Crippen LogP contribution >= 0.6 is 0 Å². The molecule has 0 spiro atoms. The summed E-state index contributed by atoms with van der Waals surface area (Å²) in [6, 6.07) is 11.8. The lowest BCUT2D eigenvalue weighted by molar-refractivity contribution is 0.0520. The molecule has 2 heterocycles. The molecular weight excluding hydrogens is 454 g/mol. The Morgan fingerprint density at radius 3 is 2.32 bits per heavy atom. The van der Waals surface area contributed by atoms with Crippen molar-refractivity contribution in [3.63, 3.8) is 0 Å². The van der Waals surface area contributed by atoms with E-state index in [9.17, 15) is 13.2 Å². The van der Waals surface area contributed by atoms with E-state index in [1.165, 1.54) is 16.4 Å². The van der Waals surface area contributed by atoms with Crippen LogP contribution in [-0.4, -0.2) is 61.4 Å². The number of piperazine rings is 1. The van der Waals surface area contributed by atoms with E-state index in [1.54, 1.807) is 19.1 Å². The number of hydrogen-bond donors (Lipinski definition) is 0. The van der Waals surface area contributed by atoms with Crippen molar-refractivity contribution in [3.05, 3.63) is 58.8 Å². The molecule has 1 fully saturated rings. The number of carbonyl (C=O) groups is 1. The molecule has 0 N–H and O–H groups in total. The third-order valence-electron chi connectivity index (χ3n) is 5.87. The molecule has 1 aromatic heterocycles. The second kappa shape index (κ2) is 9.37. The summed E-state index contributed by atoms with van der Waals surface area (Å²) >= 11 is 0. The summed E-state index contributed by atoms with van der Waals surface area (Å²) in [7, 11) is -3.75. The van der Waals surface area contributed by atoms with Crippen LogP contribution < -0.4 is 4.90 Å². The van der Waals surface area contributed by atoms with Crippen LogP contribution in [0, 0.1) is 25.2 Å². The van der Waals surface area contributed by atoms with Gasteiger partial charge in [-0.15, -0.1) is 0 Å². The zero-order valence-electron chi connectivity index (χ0n) is 19.3. The SMILES string of the molecule is CCOC(=O)c1nc2cc(C)c(C)cc2nc1N1CCN(S(=O)(=O)c2cccc(C#N)c2)CC1. The van der Waals surface area contributed by atoms with Crippen LogP contribution in [0.25, 0.3) is 11.0 Å². The average molecular weight is 480 g/mol. The first-order valence-corrected chi connectivity index (χ1v) is 12.4. The van der Waals surface area contributed by atoms with Gasteiger partial charge in [-0.05, 0) is 62.2 Å². The molecule has 3 aromatic rings. The first-order valence-electron chi connectivity index (χ1n) is 11.0. The van der Waals surface area contributed by atoms with Gasteiger partial charge in [0.2, 0.25) is 10.0 Å². The van der Waals surface area contributed by atoms with Crippen LogP contribution in [0.3, 0.4) is 0 Å². The predicted octanol–water partition coefficient (Wildman–Crippen LogP) is 2.81. The number of aromatic nitrogens is 2. The molecule has 10 heteroatoms. The van der Waals surface area contributed by atoms with Crippen molar-refractivity contribution in [3.8, 4) is 6.07 Å². The number of anilines is 1. The maximum atomic E-state index is 13.1. The van der Waals surface area contributed by atoms with Gasteiger partial charge in [-0.1, -0.05) is 6.07 Å². The highest BCUT2D eigenvalue weighted by Gasteiger charge is 2.31. The van der Waals surface area contributed by atoms with Gasteiger partial charge in [0.1, 0.15) is 0 Å². The standard InChI is InChI=1S/C24H25N5O4S/c1-4-33-24(30)22-23(27-21-13-17(3)16(2)12-20(21)26-22)28-8-10-29(11-9-28)34(31,32)19-7-5-6-18(14-19)15-25/h5-7,12-14H,4,8-11H2,1-3H3. The number of nitriles is 1. The molecule has 1 aliphatic heterocycles. The summed E-state index contributed by atoms with van der Waals surface area (Å²) in [4.78, 5) is 23.9. The smallest absolute Gasteiger partial charge is 0.360 e. The van der Waals surface area contributed by atoms with Gasteiger partial charge in [-0.2, -0.15) is 9.57 Å². The van der Waals surface area contributed by atoms with Gasteiger partial charge in [0.25, 0.3) is 0 Å². The second-order valence-corrected chi connectivity index (χ2v) is 10.0. The highest BCUT2D eigenvalue weighted by molar-refractivity contribution is 7.89. The van der Waals surface area contributed by atoms with Crippen molar-refractivity contribution < 1.29 is 17.9 Å². The lowest BCUT2D eigenvalue weighted by Gasteiger charge is -2.35. The number of aryl methyl sites for hydroxylation is 2. The topological polar surface area (TPSA) is 116 Å². The Labute approximate surface area is 198 Å². The molecule has 0 atom stereocenters. The van der Waals surface area contributed by atoms with Crippen molar-refractivity contribution >= 4 is 32.8 Å². The van der Waals surface area contributed by atoms with E-state index in [1.807, 2.05) is 36.9 Å². The van der Waals surface area contributed by atoms with E-state index in [2.05, 4.69) is 4.98 Å². The first-order chi connectivity index (χ1) is 16.2. The minimum Gasteiger partial charge on any atom is -0.461 e. The summed E-state index contributed by atoms with van der Waals surface area (Å²) in [6.45, 7) is 6.95. The van der Waals surface area contributed by atoms with Crippen LogP contribution in [0.5, 0.6) is 0 Å². The average Bonchev–Trinajstić information content (AvgIpc) is 2.84. The Morgan fingerprint density at radius 2 is 1.71 bits per heavy atom. The van der Waals surface area contributed by atoms with Crippen LogP contribution in [0.1, 0.15) is 34.1 Å². The molecule has 0 saturated carbocycles. The Kier molecular flexibility index (Phi) is 6.50. The molecule has 1 saturated heterocycles. The lowest BCUT2D eigenvalue weighted by atomic mass is 10.1. The summed E-state index contributed by atoms with van der Waals surface area (Å²) in [5.74, 6) is -0.175. The Bertz CT molecular complexity index is 1410. The van der Waals surface area contributed by atoms with Gasteiger partial charge in [0, 0.05) is 26.2 Å². The van der Waals surface area contributed by atoms with Crippen molar-refractivity contribution in [1.29, 1.82) is 5.26 Å². The number of nitrogens with zero attached hydrogens (tertiary/aromatic N) is 5. The molecule has 176 valence electrons. The third-order valence-corrected chi connectivity index (χ3v) is 7.76. The summed E-state index contributed by atoms with van der Waals surface area (Å²) in [6.07, 6.45) is 0. The molecule has 9 nitrogen and oxygen atoms in total. The van der Waals surface area contributed by atoms with E-state index < -0.39 is 16.0 Å². The number of sulfonamides is 1. The fraction of sp³-hybridized carbons (Fsp3) is 0.333. The van der Waals surface area contributed by atoms with Gasteiger partial charge in [0.15, 0.2) is 11.5 Å². The lowest BCUT2D eigenvalue weighted by Crippen LogP contribution is -2.49. The van der Waals surface area contributed by atoms with E-state index in [4.69, 9.17) is 15.0 Å². The Morgan fingerprint density at radius 1 is 1.06 bits per heavy atom. The molecule has 34 heavy (non-hydrogen) atoms. The minimum absolute atomic E-state index is 0.0866. The highest BCUT2D eigenvalue weighted by atomic mass is 32.2. The van der Waals surface area contributed by atoms with Crippen LogP contribution in [-0.2, 0) is 14.8 Å². The van der Waals surface area contributed by atoms with Gasteiger partial charge >= 0.3 is 5.97 Å². The fourth-order valence-corrected chi connectivity index (χ4v) is 5.34. The summed E-state index contributed by atoms with van der Waals surface area (Å²) in [5.41, 5.74) is 3.78. The zero-order valence-corrected chi connectivity index (χ0v) is 20.1. The van der Waals surface area contributed by atoms with Crippen LogP contribution in [0.15, 0.2) is 41.3 Å². The minimum atomic E-state index is -3.75. The van der Waals surface area contributed by atoms with E-state index in [0.717, 1.165) is 11.1 Å². The Balaban J connectivity index is 1.64. The van der Waals surface area contributed by atoms with Crippen molar-refractivity contribution in [2.24, 2.45) is 0 Å². The number of esters is 1. The van der Waals surface area contributed by atoms with Gasteiger partial charge < -0.3 is 9.64 Å². The molecule has 0 amide bonds. The van der Waals surface area contributed by atoms with E-state index in [-0.39, 0.29) is 35.8 Å². The van der Waals surface area contributed by atoms with Crippen molar-refractivity contribution in [2.45, 2.75) is 25.7 Å². The number of hydrogen-bond acceptors (Lipinski definition) is 8. The van der Waals surface area contributed by atoms with E-state index >= 15 is 0 Å². The number of benzene rings is 2. The largest absolute Gasteiger partial charge is 0.461 e. The fourth-order valence-electron chi connectivity index (χ4n) is 3.87. The second-order valence-electron chi connectivity index (χ2n) is 8.07. The number of rotatable bonds is 5. The molecule has 2 aromatic carbocycles. The predicted molar refractivity (Wildman–Crippen MR) is 127 cm³/mol. The maximum Gasteiger partial charge on any atom is 0.360 e. The molecule has 4 rings (SSSR count). The van der Waals surface area contributed by atoms with Crippen LogP contribution in [0.4, 0.5) is 5.82 Å². The first kappa shape index (κ1) is 23.6. The number of carbonyl (C=O) groups excluding carboxylic acids is 1. The highest BCUT2D eigenvalue weighted by Crippen LogP contribution is 2.26. The van der Waals surface area contributed by atoms with E-state index in [0.29, 0.717) is 29.9 Å². The summed E-state index contributed by atoms with van der Waals surface area (Å²) in [5, 5.41) is 9.10. The molecule has 1 aliphatic rings. The number of ether oxygens (including phenoxy) is 1. The zero-order chi connectivity index (χ0) is 24.5. The monoisotopic (exact) mass is 479 g/mol. The van der Waals surface area contributed by atoms with Gasteiger partial charge in [0.05, 0.1) is 34.2 Å². The molecular formula is C24H25N5O4S. The molecule has 0 bridgehead atoms. The molecule has 0 radical (unpaired) electrons. The normalized spacial score (nSPS) is 14.7. The maximum absolute atomic E-state index is 13.1. The quantitative estimate of drug-likeness (QED) is 0.513. The number of fused-ring (bicyclic) bond motifs is 1. The third kappa shape index (κ3) is 4.44. The van der Waals surface area contributed by atoms with Crippen LogP contribution in [0.2, 0.25) is 0 Å². The summed E-state index contributed by atoms with van der Waals surface area (Å²) < 4.78 is 32.8. The molecule has 0 unspecified atom stereocenters. The van der Waals surface area contributed by atoms with Crippen molar-refractivity contribution in [1.82, 2.24) is 14.3 Å². The van der Waals surface area contributed by atoms with Crippen molar-refractivity contribution in [2.75, 3.05) is 37.7 Å². The van der Waals surface area contributed by atoms with Gasteiger partial charge in [-0.3, -0.25) is 0 Å². The Hall–Kier alpha value is -3.55. The molecule has 0 aliphatic carbocycles.